The van der Waals surface area contributed by atoms with E-state index in [-0.39, 0.29) is 11.3 Å². The van der Waals surface area contributed by atoms with Crippen LogP contribution in [0.5, 0.6) is 0 Å². The van der Waals surface area contributed by atoms with E-state index < -0.39 is 11.7 Å². The maximum atomic E-state index is 14.0. The number of aromatic amines is 1. The maximum Gasteiger partial charge on any atom is 0.250 e. The highest BCUT2D eigenvalue weighted by Gasteiger charge is 2.13. The van der Waals surface area contributed by atoms with Crippen molar-refractivity contribution >= 4 is 34.3 Å². The second kappa shape index (κ2) is 5.14. The zero-order valence-corrected chi connectivity index (χ0v) is 11.7. The second-order valence-corrected chi connectivity index (χ2v) is 5.64. The van der Waals surface area contributed by atoms with Gasteiger partial charge in [0.05, 0.1) is 15.5 Å². The lowest BCUT2D eigenvalue weighted by molar-refractivity contribution is 0.100. The molecular formula is C15H12FN3OS. The van der Waals surface area contributed by atoms with Crippen molar-refractivity contribution in [3.8, 4) is 0 Å². The summed E-state index contributed by atoms with van der Waals surface area (Å²) < 4.78 is 14.0. The molecule has 4 nitrogen and oxygen atoms in total. The number of nitrogen functional groups attached to an aromatic ring is 1. The van der Waals surface area contributed by atoms with Crippen molar-refractivity contribution in [3.05, 3.63) is 53.8 Å². The number of nitrogens with one attached hydrogen (secondary N) is 1. The second-order valence-electron chi connectivity index (χ2n) is 4.56. The highest BCUT2D eigenvalue weighted by molar-refractivity contribution is 7.99. The van der Waals surface area contributed by atoms with Gasteiger partial charge < -0.3 is 16.5 Å². The van der Waals surface area contributed by atoms with Crippen LogP contribution in [-0.2, 0) is 0 Å². The summed E-state index contributed by atoms with van der Waals surface area (Å²) in [7, 11) is 0. The van der Waals surface area contributed by atoms with Gasteiger partial charge in [0.15, 0.2) is 0 Å². The summed E-state index contributed by atoms with van der Waals surface area (Å²) in [4.78, 5) is 14.8. The maximum absolute atomic E-state index is 14.0. The monoisotopic (exact) mass is 301 g/mol. The standard InChI is InChI=1S/C15H12FN3OS/c16-10-7-11(17)9(15(18)20)6-13(10)21-14-5-8-3-1-2-4-12(8)19-14/h1-7,19H,17H2,(H2,18,20). The van der Waals surface area contributed by atoms with Gasteiger partial charge in [-0.2, -0.15) is 0 Å². The normalized spacial score (nSPS) is 10.9. The number of fused-ring (bicyclic) bond motifs is 1. The van der Waals surface area contributed by atoms with E-state index >= 15 is 0 Å². The van der Waals surface area contributed by atoms with Gasteiger partial charge in [-0.1, -0.05) is 30.0 Å². The highest BCUT2D eigenvalue weighted by atomic mass is 32.2. The molecule has 1 heterocycles. The van der Waals surface area contributed by atoms with Crippen LogP contribution < -0.4 is 11.5 Å². The molecule has 3 aromatic rings. The van der Waals surface area contributed by atoms with Crippen molar-refractivity contribution in [3.63, 3.8) is 0 Å². The molecule has 0 unspecified atom stereocenters. The molecule has 106 valence electrons. The van der Waals surface area contributed by atoms with Crippen molar-refractivity contribution < 1.29 is 9.18 Å². The minimum Gasteiger partial charge on any atom is -0.398 e. The number of halogens is 1. The number of primary amides is 1. The van der Waals surface area contributed by atoms with Crippen LogP contribution in [0.3, 0.4) is 0 Å². The van der Waals surface area contributed by atoms with Crippen molar-refractivity contribution in [2.75, 3.05) is 5.73 Å². The summed E-state index contributed by atoms with van der Waals surface area (Å²) in [5.74, 6) is -1.16. The number of hydrogen-bond acceptors (Lipinski definition) is 3. The van der Waals surface area contributed by atoms with E-state index in [0.717, 1.165) is 22.0 Å². The number of para-hydroxylation sites is 1. The van der Waals surface area contributed by atoms with Crippen LogP contribution >= 0.6 is 11.8 Å². The van der Waals surface area contributed by atoms with Gasteiger partial charge in [0.1, 0.15) is 5.82 Å². The van der Waals surface area contributed by atoms with Crippen LogP contribution in [0.1, 0.15) is 10.4 Å². The average molecular weight is 301 g/mol. The lowest BCUT2D eigenvalue weighted by Gasteiger charge is -2.06. The van der Waals surface area contributed by atoms with Gasteiger partial charge in [0.25, 0.3) is 5.91 Å². The van der Waals surface area contributed by atoms with Gasteiger partial charge in [0.2, 0.25) is 0 Å². The topological polar surface area (TPSA) is 84.9 Å². The first-order valence-corrected chi connectivity index (χ1v) is 7.00. The molecule has 0 aliphatic carbocycles. The molecule has 0 aliphatic rings. The van der Waals surface area contributed by atoms with E-state index in [1.165, 1.54) is 17.8 Å². The Hall–Kier alpha value is -2.47. The fourth-order valence-corrected chi connectivity index (χ4v) is 3.00. The number of carbonyl (C=O) groups is 1. The largest absolute Gasteiger partial charge is 0.398 e. The molecular weight excluding hydrogens is 289 g/mol. The Morgan fingerprint density at radius 3 is 2.67 bits per heavy atom. The third-order valence-electron chi connectivity index (χ3n) is 3.09. The Morgan fingerprint density at radius 1 is 1.19 bits per heavy atom. The molecule has 0 spiro atoms. The van der Waals surface area contributed by atoms with Crippen LogP contribution in [0.25, 0.3) is 10.9 Å². The number of rotatable bonds is 3. The molecule has 0 aliphatic heterocycles. The Kier molecular flexibility index (Phi) is 3.31. The Balaban J connectivity index is 2.00. The molecule has 0 radical (unpaired) electrons. The summed E-state index contributed by atoms with van der Waals surface area (Å²) in [5.41, 5.74) is 11.9. The van der Waals surface area contributed by atoms with Gasteiger partial charge in [-0.15, -0.1) is 0 Å². The summed E-state index contributed by atoms with van der Waals surface area (Å²) >= 11 is 1.19. The lowest BCUT2D eigenvalue weighted by atomic mass is 10.1. The summed E-state index contributed by atoms with van der Waals surface area (Å²) in [5, 5.41) is 1.81. The molecule has 0 saturated carbocycles. The van der Waals surface area contributed by atoms with Crippen molar-refractivity contribution in [2.45, 2.75) is 9.92 Å². The van der Waals surface area contributed by atoms with Gasteiger partial charge in [0, 0.05) is 16.6 Å². The molecule has 5 N–H and O–H groups in total. The molecule has 0 fully saturated rings. The first kappa shape index (κ1) is 13.5. The van der Waals surface area contributed by atoms with E-state index in [9.17, 15) is 9.18 Å². The Bertz CT molecular complexity index is 811. The number of aromatic nitrogens is 1. The molecule has 0 atom stereocenters. The van der Waals surface area contributed by atoms with Crippen LogP contribution in [0, 0.1) is 5.82 Å². The van der Waals surface area contributed by atoms with Crippen LogP contribution in [0.15, 0.2) is 52.4 Å². The number of carbonyl (C=O) groups excluding carboxylic acids is 1. The van der Waals surface area contributed by atoms with Crippen LogP contribution in [0.2, 0.25) is 0 Å². The molecule has 21 heavy (non-hydrogen) atoms. The summed E-state index contributed by atoms with van der Waals surface area (Å²) in [6, 6.07) is 12.2. The van der Waals surface area contributed by atoms with Gasteiger partial charge in [-0.25, -0.2) is 4.39 Å². The summed E-state index contributed by atoms with van der Waals surface area (Å²) in [6.07, 6.45) is 0. The van der Waals surface area contributed by atoms with E-state index in [0.29, 0.717) is 4.90 Å². The molecule has 6 heteroatoms. The van der Waals surface area contributed by atoms with E-state index in [4.69, 9.17) is 11.5 Å². The smallest absolute Gasteiger partial charge is 0.250 e. The van der Waals surface area contributed by atoms with E-state index in [1.54, 1.807) is 0 Å². The highest BCUT2D eigenvalue weighted by Crippen LogP contribution is 2.33. The third kappa shape index (κ3) is 2.57. The molecule has 0 saturated heterocycles. The minimum absolute atomic E-state index is 0.0426. The zero-order chi connectivity index (χ0) is 15.0. The van der Waals surface area contributed by atoms with Gasteiger partial charge >= 0.3 is 0 Å². The number of amides is 1. The number of hydrogen-bond donors (Lipinski definition) is 3. The lowest BCUT2D eigenvalue weighted by Crippen LogP contribution is -2.14. The fraction of sp³-hybridized carbons (Fsp3) is 0. The van der Waals surface area contributed by atoms with Gasteiger partial charge in [-0.05, 0) is 24.3 Å². The van der Waals surface area contributed by atoms with Crippen LogP contribution in [-0.4, -0.2) is 10.9 Å². The SMILES string of the molecule is NC(=O)c1cc(Sc2cc3ccccc3[nH]2)c(F)cc1N. The molecule has 2 aromatic carbocycles. The first-order chi connectivity index (χ1) is 10.0. The van der Waals surface area contributed by atoms with Crippen LogP contribution in [0.4, 0.5) is 10.1 Å². The molecule has 1 amide bonds. The molecule has 1 aromatic heterocycles. The van der Waals surface area contributed by atoms with Crippen molar-refractivity contribution in [1.29, 1.82) is 0 Å². The number of H-pyrrole nitrogens is 1. The first-order valence-electron chi connectivity index (χ1n) is 6.19. The van der Waals surface area contributed by atoms with Crippen molar-refractivity contribution in [2.24, 2.45) is 5.73 Å². The third-order valence-corrected chi connectivity index (χ3v) is 4.07. The Morgan fingerprint density at radius 2 is 1.95 bits per heavy atom. The fourth-order valence-electron chi connectivity index (χ4n) is 2.08. The van der Waals surface area contributed by atoms with E-state index in [2.05, 4.69) is 4.98 Å². The molecule has 0 bridgehead atoms. The predicted octanol–water partition coefficient (Wildman–Crippen LogP) is 3.14. The van der Waals surface area contributed by atoms with Crippen molar-refractivity contribution in [1.82, 2.24) is 4.98 Å². The number of anilines is 1. The predicted molar refractivity (Wildman–Crippen MR) is 81.8 cm³/mol. The summed E-state index contributed by atoms with van der Waals surface area (Å²) in [6.45, 7) is 0. The quantitative estimate of drug-likeness (QED) is 0.650. The average Bonchev–Trinajstić information content (AvgIpc) is 2.83. The molecule has 3 rings (SSSR count). The number of nitrogens with two attached hydrogens (primary N) is 2. The zero-order valence-electron chi connectivity index (χ0n) is 10.9. The number of benzene rings is 2. The van der Waals surface area contributed by atoms with E-state index in [1.807, 2.05) is 30.3 Å². The Labute approximate surface area is 124 Å². The minimum atomic E-state index is -0.675. The van der Waals surface area contributed by atoms with Gasteiger partial charge in [-0.3, -0.25) is 4.79 Å².